The molecule has 2 aliphatic rings. The number of hydrogen-bond acceptors (Lipinski definition) is 5. The van der Waals surface area contributed by atoms with Gasteiger partial charge in [0.2, 0.25) is 12.7 Å². The van der Waals surface area contributed by atoms with Crippen LogP contribution in [0.25, 0.3) is 11.8 Å². The number of carbonyl (C=O) groups is 1. The van der Waals surface area contributed by atoms with Crippen LogP contribution in [0.1, 0.15) is 22.5 Å². The van der Waals surface area contributed by atoms with Crippen LogP contribution in [-0.4, -0.2) is 58.5 Å². The van der Waals surface area contributed by atoms with E-state index in [1.54, 1.807) is 6.08 Å². The van der Waals surface area contributed by atoms with Gasteiger partial charge in [0.05, 0.1) is 11.4 Å². The minimum atomic E-state index is 0.0454. The molecule has 0 atom stereocenters. The number of ether oxygens (including phenoxy) is 2. The molecule has 1 saturated heterocycles. The van der Waals surface area contributed by atoms with E-state index in [0.29, 0.717) is 6.79 Å². The summed E-state index contributed by atoms with van der Waals surface area (Å²) in [5.74, 6) is 1.66. The molecular weight excluding hydrogens is 416 g/mol. The lowest BCUT2D eigenvalue weighted by molar-refractivity contribution is -0.127. The van der Waals surface area contributed by atoms with E-state index in [1.165, 1.54) is 5.56 Å². The maximum Gasteiger partial charge on any atom is 0.246 e. The summed E-state index contributed by atoms with van der Waals surface area (Å²) in [7, 11) is 0. The normalized spacial score (nSPS) is 16.0. The van der Waals surface area contributed by atoms with E-state index in [0.717, 1.165) is 66.9 Å². The number of nitrogens with zero attached hydrogens (tertiary/aromatic N) is 4. The third kappa shape index (κ3) is 4.50. The molecule has 2 aliphatic heterocycles. The molecule has 1 aromatic heterocycles. The largest absolute Gasteiger partial charge is 0.454 e. The lowest BCUT2D eigenvalue weighted by atomic mass is 10.1. The minimum Gasteiger partial charge on any atom is -0.454 e. The van der Waals surface area contributed by atoms with Crippen molar-refractivity contribution in [2.75, 3.05) is 33.0 Å². The first-order chi connectivity index (χ1) is 16.1. The minimum absolute atomic E-state index is 0.0454. The van der Waals surface area contributed by atoms with Gasteiger partial charge < -0.3 is 14.4 Å². The molecule has 0 saturated carbocycles. The van der Waals surface area contributed by atoms with Crippen molar-refractivity contribution in [2.24, 2.45) is 0 Å². The van der Waals surface area contributed by atoms with Crippen LogP contribution in [0.5, 0.6) is 11.5 Å². The predicted molar refractivity (Wildman–Crippen MR) is 126 cm³/mol. The van der Waals surface area contributed by atoms with Gasteiger partial charge in [-0.05, 0) is 49.8 Å². The Bertz CT molecular complexity index is 1180. The Kier molecular flexibility index (Phi) is 5.88. The molecule has 7 heteroatoms. The van der Waals surface area contributed by atoms with Crippen LogP contribution in [-0.2, 0) is 11.3 Å². The van der Waals surface area contributed by atoms with Crippen LogP contribution in [0.4, 0.5) is 0 Å². The van der Waals surface area contributed by atoms with Gasteiger partial charge in [0.25, 0.3) is 0 Å². The molecule has 0 bridgehead atoms. The summed E-state index contributed by atoms with van der Waals surface area (Å²) >= 11 is 0. The molecule has 7 nitrogen and oxygen atoms in total. The zero-order valence-corrected chi connectivity index (χ0v) is 19.0. The van der Waals surface area contributed by atoms with Gasteiger partial charge in [0.15, 0.2) is 11.5 Å². The zero-order chi connectivity index (χ0) is 22.8. The fraction of sp³-hybridized carbons (Fsp3) is 0.308. The van der Waals surface area contributed by atoms with Gasteiger partial charge in [-0.3, -0.25) is 9.69 Å². The Balaban J connectivity index is 1.18. The van der Waals surface area contributed by atoms with Gasteiger partial charge >= 0.3 is 0 Å². The van der Waals surface area contributed by atoms with Gasteiger partial charge in [-0.1, -0.05) is 24.3 Å². The number of carbonyl (C=O) groups excluding carboxylic acids is 1. The lowest BCUT2D eigenvalue weighted by Crippen LogP contribution is -2.47. The van der Waals surface area contributed by atoms with E-state index >= 15 is 0 Å². The molecule has 3 heterocycles. The second-order valence-corrected chi connectivity index (χ2v) is 8.45. The van der Waals surface area contributed by atoms with Crippen LogP contribution in [0, 0.1) is 13.8 Å². The molecule has 0 radical (unpaired) electrons. The van der Waals surface area contributed by atoms with E-state index < -0.39 is 0 Å². The number of benzene rings is 2. The van der Waals surface area contributed by atoms with E-state index in [4.69, 9.17) is 9.47 Å². The monoisotopic (exact) mass is 444 g/mol. The van der Waals surface area contributed by atoms with Crippen molar-refractivity contribution in [1.29, 1.82) is 0 Å². The Morgan fingerprint density at radius 3 is 2.55 bits per heavy atom. The topological polar surface area (TPSA) is 59.8 Å². The van der Waals surface area contributed by atoms with Crippen LogP contribution in [0.15, 0.2) is 54.6 Å². The zero-order valence-electron chi connectivity index (χ0n) is 19.0. The molecule has 5 rings (SSSR count). The summed E-state index contributed by atoms with van der Waals surface area (Å²) < 4.78 is 12.8. The maximum absolute atomic E-state index is 12.8. The molecule has 0 aliphatic carbocycles. The number of aromatic nitrogens is 2. The van der Waals surface area contributed by atoms with E-state index in [1.807, 2.05) is 72.0 Å². The fourth-order valence-corrected chi connectivity index (χ4v) is 4.40. The molecule has 33 heavy (non-hydrogen) atoms. The predicted octanol–water partition coefficient (Wildman–Crippen LogP) is 3.58. The maximum atomic E-state index is 12.8. The Morgan fingerprint density at radius 1 is 1.00 bits per heavy atom. The highest BCUT2D eigenvalue weighted by Gasteiger charge is 2.21. The number of para-hydroxylation sites is 1. The van der Waals surface area contributed by atoms with Gasteiger partial charge in [0, 0.05) is 50.1 Å². The van der Waals surface area contributed by atoms with Crippen LogP contribution in [0.2, 0.25) is 0 Å². The summed E-state index contributed by atoms with van der Waals surface area (Å²) in [5, 5.41) is 4.66. The second kappa shape index (κ2) is 9.11. The first-order valence-corrected chi connectivity index (χ1v) is 11.3. The Hall–Kier alpha value is -3.58. The average Bonchev–Trinajstić information content (AvgIpc) is 3.42. The highest BCUT2D eigenvalue weighted by atomic mass is 16.7. The third-order valence-electron chi connectivity index (χ3n) is 6.27. The van der Waals surface area contributed by atoms with Crippen LogP contribution >= 0.6 is 0 Å². The molecule has 0 N–H and O–H groups in total. The van der Waals surface area contributed by atoms with Crippen molar-refractivity contribution >= 4 is 12.0 Å². The molecule has 3 aromatic rings. The Morgan fingerprint density at radius 2 is 1.76 bits per heavy atom. The first-order valence-electron chi connectivity index (χ1n) is 11.3. The summed E-state index contributed by atoms with van der Waals surface area (Å²) in [6, 6.07) is 16.1. The van der Waals surface area contributed by atoms with Crippen molar-refractivity contribution in [1.82, 2.24) is 19.6 Å². The lowest BCUT2D eigenvalue weighted by Gasteiger charge is -2.34. The third-order valence-corrected chi connectivity index (χ3v) is 6.27. The summed E-state index contributed by atoms with van der Waals surface area (Å²) in [6.45, 7) is 8.27. The summed E-state index contributed by atoms with van der Waals surface area (Å²) in [4.78, 5) is 17.1. The van der Waals surface area contributed by atoms with Crippen molar-refractivity contribution < 1.29 is 14.3 Å². The SMILES string of the molecule is Cc1nn(-c2ccccc2)c(C)c1/C=C/C(=O)N1CCN(Cc2ccc3c(c2)OCO3)CC1. The fourth-order valence-electron chi connectivity index (χ4n) is 4.40. The number of rotatable bonds is 5. The van der Waals surface area contributed by atoms with Crippen molar-refractivity contribution in [3.8, 4) is 17.2 Å². The Labute approximate surface area is 193 Å². The van der Waals surface area contributed by atoms with Crippen molar-refractivity contribution in [3.63, 3.8) is 0 Å². The summed E-state index contributed by atoms with van der Waals surface area (Å²) in [6.07, 6.45) is 3.58. The number of hydrogen-bond donors (Lipinski definition) is 0. The van der Waals surface area contributed by atoms with Crippen molar-refractivity contribution in [2.45, 2.75) is 20.4 Å². The molecule has 1 amide bonds. The molecule has 1 fully saturated rings. The van der Waals surface area contributed by atoms with E-state index in [2.05, 4.69) is 16.1 Å². The standard InChI is InChI=1S/C26H28N4O3/c1-19-23(20(2)30(27-19)22-6-4-3-5-7-22)9-11-26(31)29-14-12-28(13-15-29)17-21-8-10-24-25(16-21)33-18-32-24/h3-11,16H,12-15,17-18H2,1-2H3/b11-9+. The van der Waals surface area contributed by atoms with Gasteiger partial charge in [-0.2, -0.15) is 5.10 Å². The molecule has 0 spiro atoms. The first kappa shape index (κ1) is 21.3. The second-order valence-electron chi connectivity index (χ2n) is 8.45. The van der Waals surface area contributed by atoms with Crippen LogP contribution < -0.4 is 9.47 Å². The summed E-state index contributed by atoms with van der Waals surface area (Å²) in [5.41, 5.74) is 5.14. The highest BCUT2D eigenvalue weighted by Crippen LogP contribution is 2.32. The smallest absolute Gasteiger partial charge is 0.246 e. The molecule has 170 valence electrons. The number of piperazine rings is 1. The highest BCUT2D eigenvalue weighted by molar-refractivity contribution is 5.92. The van der Waals surface area contributed by atoms with E-state index in [-0.39, 0.29) is 5.91 Å². The average molecular weight is 445 g/mol. The molecule has 2 aromatic carbocycles. The van der Waals surface area contributed by atoms with Gasteiger partial charge in [-0.15, -0.1) is 0 Å². The van der Waals surface area contributed by atoms with Crippen molar-refractivity contribution in [3.05, 3.63) is 77.1 Å². The van der Waals surface area contributed by atoms with Crippen LogP contribution in [0.3, 0.4) is 0 Å². The van der Waals surface area contributed by atoms with E-state index in [9.17, 15) is 4.79 Å². The van der Waals surface area contributed by atoms with Gasteiger partial charge in [-0.25, -0.2) is 4.68 Å². The number of amides is 1. The molecular formula is C26H28N4O3. The number of aryl methyl sites for hydroxylation is 1. The van der Waals surface area contributed by atoms with Gasteiger partial charge in [0.1, 0.15) is 0 Å². The quantitative estimate of drug-likeness (QED) is 0.563. The molecule has 0 unspecified atom stereocenters. The number of fused-ring (bicyclic) bond motifs is 1.